The molecule has 13 nitrogen and oxygen atoms in total. The van der Waals surface area contributed by atoms with Gasteiger partial charge in [0.1, 0.15) is 0 Å². The zero-order valence-corrected chi connectivity index (χ0v) is 70.8. The van der Waals surface area contributed by atoms with Crippen molar-refractivity contribution in [2.24, 2.45) is 33.0 Å². The molecule has 4 fully saturated rings. The van der Waals surface area contributed by atoms with Gasteiger partial charge in [-0.3, -0.25) is 28.8 Å². The van der Waals surface area contributed by atoms with Crippen LogP contribution >= 0.6 is 0 Å². The van der Waals surface area contributed by atoms with Crippen LogP contribution in [0.25, 0.3) is 0 Å². The number of likely N-dealkylation sites (tertiary alicyclic amines) is 2. The summed E-state index contributed by atoms with van der Waals surface area (Å²) in [7, 11) is 7.32. The fourth-order valence-corrected chi connectivity index (χ4v) is 15.4. The van der Waals surface area contributed by atoms with Gasteiger partial charge in [0.15, 0.2) is 0 Å². The molecule has 0 bridgehead atoms. The van der Waals surface area contributed by atoms with E-state index in [1.165, 1.54) is 166 Å². The Morgan fingerprint density at radius 2 is 0.933 bits per heavy atom. The third-order valence-corrected chi connectivity index (χ3v) is 22.2. The van der Waals surface area contributed by atoms with Crippen molar-refractivity contribution in [2.75, 3.05) is 80.8 Å². The number of nitrogens with zero attached hydrogens (tertiary/aromatic N) is 5. The van der Waals surface area contributed by atoms with Crippen molar-refractivity contribution in [3.8, 4) is 0 Å². The maximum Gasteiger partial charge on any atom is 0.253 e. The van der Waals surface area contributed by atoms with Gasteiger partial charge in [0.2, 0.25) is 17.7 Å². The van der Waals surface area contributed by atoms with Crippen LogP contribution in [0.3, 0.4) is 0 Å². The summed E-state index contributed by atoms with van der Waals surface area (Å²) in [5.74, 6) is 1.79. The number of piperidine rings is 2. The Morgan fingerprint density at radius 3 is 1.41 bits per heavy atom. The molecule has 2 aromatic carbocycles. The number of unbranched alkanes of at least 4 members (excludes halogenated alkanes) is 13. The Hall–Kier alpha value is -4.33. The lowest BCUT2D eigenvalue weighted by atomic mass is 9.86. The Morgan fingerprint density at radius 1 is 0.490 bits per heavy atom. The van der Waals surface area contributed by atoms with Gasteiger partial charge in [0.25, 0.3) is 11.8 Å². The molecule has 598 valence electrons. The predicted molar refractivity (Wildman–Crippen MR) is 437 cm³/mol. The van der Waals surface area contributed by atoms with E-state index in [1.807, 2.05) is 53.2 Å². The Bertz CT molecular complexity index is 2620. The predicted octanol–water partition coefficient (Wildman–Crippen LogP) is 22.7. The smallest absolute Gasteiger partial charge is 0.253 e. The number of benzene rings is 2. The molecule has 2 aliphatic carbocycles. The van der Waals surface area contributed by atoms with Gasteiger partial charge < -0.3 is 29.1 Å². The van der Waals surface area contributed by atoms with E-state index in [0.29, 0.717) is 71.1 Å². The van der Waals surface area contributed by atoms with Crippen LogP contribution in [-0.4, -0.2) is 147 Å². The summed E-state index contributed by atoms with van der Waals surface area (Å²) in [5.41, 5.74) is 5.97. The third-order valence-electron chi connectivity index (χ3n) is 22.2. The van der Waals surface area contributed by atoms with Crippen LogP contribution in [0, 0.1) is 33.0 Å². The van der Waals surface area contributed by atoms with Crippen LogP contribution in [0.4, 0.5) is 0 Å². The molecule has 2 heterocycles. The van der Waals surface area contributed by atoms with Crippen LogP contribution in [0.2, 0.25) is 0 Å². The molecule has 0 radical (unpaired) electrons. The highest BCUT2D eigenvalue weighted by Crippen LogP contribution is 2.39. The molecule has 104 heavy (non-hydrogen) atoms. The summed E-state index contributed by atoms with van der Waals surface area (Å²) in [4.78, 5) is 76.9. The third kappa shape index (κ3) is 42.4. The highest BCUT2D eigenvalue weighted by Gasteiger charge is 2.36. The van der Waals surface area contributed by atoms with Crippen molar-refractivity contribution < 1.29 is 38.3 Å². The molecule has 2 saturated carbocycles. The molecular formula is C91H161N5O8. The van der Waals surface area contributed by atoms with Crippen molar-refractivity contribution in [1.82, 2.24) is 24.7 Å². The number of methoxy groups -OCH3 is 2. The summed E-state index contributed by atoms with van der Waals surface area (Å²) < 4.78 is 10.8. The van der Waals surface area contributed by atoms with Gasteiger partial charge in [-0.2, -0.15) is 0 Å². The summed E-state index contributed by atoms with van der Waals surface area (Å²) in [6.07, 6.45) is 46.3. The van der Waals surface area contributed by atoms with Crippen molar-refractivity contribution in [3.63, 3.8) is 0 Å². The second-order valence-corrected chi connectivity index (χ2v) is 36.9. The molecule has 0 N–H and O–H groups in total. The van der Waals surface area contributed by atoms with Crippen LogP contribution in [0.15, 0.2) is 48.5 Å². The van der Waals surface area contributed by atoms with Crippen molar-refractivity contribution >= 4 is 29.5 Å². The summed E-state index contributed by atoms with van der Waals surface area (Å²) in [6, 6.07) is 16.1. The van der Waals surface area contributed by atoms with Gasteiger partial charge in [-0.15, -0.1) is 0 Å². The van der Waals surface area contributed by atoms with E-state index in [4.69, 9.17) is 14.3 Å². The monoisotopic (exact) mass is 1450 g/mol. The first kappa shape index (κ1) is 93.9. The average Bonchev–Trinajstić information content (AvgIpc) is 1.41. The molecule has 4 aliphatic rings. The van der Waals surface area contributed by atoms with Crippen LogP contribution < -0.4 is 0 Å². The maximum absolute atomic E-state index is 13.1. The molecule has 0 atom stereocenters. The first-order chi connectivity index (χ1) is 49.3. The highest BCUT2D eigenvalue weighted by atomic mass is 16.7. The number of hydroxylamine groups is 2. The van der Waals surface area contributed by atoms with Gasteiger partial charge in [0.05, 0.1) is 25.4 Å². The second-order valence-electron chi connectivity index (χ2n) is 36.9. The van der Waals surface area contributed by atoms with Crippen molar-refractivity contribution in [1.29, 1.82) is 0 Å². The van der Waals surface area contributed by atoms with Crippen molar-refractivity contribution in [3.05, 3.63) is 70.8 Å². The fraction of sp³-hybridized carbons (Fsp3) is 0.813. The zero-order chi connectivity index (χ0) is 77.0. The molecule has 2 aromatic rings. The molecule has 6 rings (SSSR count). The maximum atomic E-state index is 13.1. The normalized spacial score (nSPS) is 16.2. The number of hydrogen-bond donors (Lipinski definition) is 0. The van der Waals surface area contributed by atoms with Gasteiger partial charge in [0, 0.05) is 103 Å². The SMILES string of the molecule is CCc1cccc(C(=O)N(C)CCON(C(=O)CCCCCCCC(C)(C)C)C2CCCCC2)c1.CCc1cccc(C(=O)N2CCC(CCCCC(C)(C)C)CC2)c1.COC1CCN(C(=O)CCCCCCCC(C)(C)C)CC1.COCC1(CN(C)C(=O)CCCCCCCC(C)(C)C)CCCC1. The van der Waals surface area contributed by atoms with Crippen LogP contribution in [0.1, 0.15) is 373 Å². The summed E-state index contributed by atoms with van der Waals surface area (Å²) in [6.45, 7) is 38.0. The molecule has 0 unspecified atom stereocenters. The minimum Gasteiger partial charge on any atom is -0.384 e. The lowest BCUT2D eigenvalue weighted by Crippen LogP contribution is -2.43. The Balaban J connectivity index is 0.000000368. The summed E-state index contributed by atoms with van der Waals surface area (Å²) in [5, 5.41) is 1.68. The van der Waals surface area contributed by atoms with Gasteiger partial charge in [-0.25, -0.2) is 5.06 Å². The van der Waals surface area contributed by atoms with E-state index in [-0.39, 0.29) is 29.2 Å². The number of ether oxygens (including phenoxy) is 2. The Labute approximate surface area is 639 Å². The summed E-state index contributed by atoms with van der Waals surface area (Å²) >= 11 is 0. The molecule has 5 amide bonds. The minimum atomic E-state index is -0.00842. The van der Waals surface area contributed by atoms with E-state index >= 15 is 0 Å². The first-order valence-electron chi connectivity index (χ1n) is 42.5. The number of carbonyl (C=O) groups excluding carboxylic acids is 5. The van der Waals surface area contributed by atoms with Crippen LogP contribution in [-0.2, 0) is 41.5 Å². The minimum absolute atomic E-state index is 0.00842. The topological polar surface area (TPSA) is 129 Å². The number of likely N-dealkylation sites (N-methyl/N-ethyl adjacent to an activating group) is 1. The van der Waals surface area contributed by atoms with Gasteiger partial charge >= 0.3 is 0 Å². The van der Waals surface area contributed by atoms with E-state index in [0.717, 1.165) is 140 Å². The number of hydrogen-bond acceptors (Lipinski definition) is 8. The second kappa shape index (κ2) is 51.1. The largest absolute Gasteiger partial charge is 0.384 e. The lowest BCUT2D eigenvalue weighted by molar-refractivity contribution is -0.204. The quantitative estimate of drug-likeness (QED) is 0.0478. The van der Waals surface area contributed by atoms with E-state index in [2.05, 4.69) is 114 Å². The van der Waals surface area contributed by atoms with E-state index in [1.54, 1.807) is 31.2 Å². The Kier molecular flexibility index (Phi) is 46.2. The fourth-order valence-electron chi connectivity index (χ4n) is 15.4. The molecule has 2 saturated heterocycles. The van der Waals surface area contributed by atoms with E-state index < -0.39 is 0 Å². The first-order valence-corrected chi connectivity index (χ1v) is 42.5. The average molecular weight is 1450 g/mol. The van der Waals surface area contributed by atoms with E-state index in [9.17, 15) is 24.0 Å². The van der Waals surface area contributed by atoms with Crippen LogP contribution in [0.5, 0.6) is 0 Å². The molecule has 0 aromatic heterocycles. The number of carbonyl (C=O) groups is 5. The molecule has 0 spiro atoms. The number of aryl methyl sites for hydroxylation is 2. The lowest BCUT2D eigenvalue weighted by Gasteiger charge is -2.33. The molecule has 13 heteroatoms. The number of amides is 5. The van der Waals surface area contributed by atoms with Crippen molar-refractivity contribution in [2.45, 2.75) is 366 Å². The van der Waals surface area contributed by atoms with Gasteiger partial charge in [-0.1, -0.05) is 250 Å². The standard InChI is InChI=1S/C30H50N2O3.C22H35NO.C21H41NO2.C18H35NO2/c1-6-25-16-15-17-26(24-25)29(34)31(5)22-23-35-32(27-18-11-10-12-19-27)28(33)20-13-8-7-9-14-21-30(2,3)4;1-5-18-10-8-11-20(17-18)21(24)23-15-12-19(13-16-23)9-6-7-14-22(2,3)4;1-20(2,3)14-10-8-6-7-9-13-19(23)22(4)17-21(18-24-5)15-11-12-16-21;1-18(2,3)13-9-7-5-6-8-10-17(20)19-14-11-16(21-4)12-15-19/h15-17,24,27H,6-14,18-23H2,1-5H3;8,10-11,17,19H,5-7,9,12-16H2,1-4H3;6-18H2,1-5H3;16H,5-15H2,1-4H3. The van der Waals surface area contributed by atoms with Gasteiger partial charge in [-0.05, 0) is 172 Å². The molecular weight excluding hydrogens is 1290 g/mol. The molecule has 2 aliphatic heterocycles. The zero-order valence-electron chi connectivity index (χ0n) is 70.8. The number of rotatable bonds is 39. The highest BCUT2D eigenvalue weighted by molar-refractivity contribution is 5.95.